The number of nitrogens with one attached hydrogen (secondary N) is 1. The Labute approximate surface area is 68.9 Å². The van der Waals surface area contributed by atoms with Crippen LogP contribution in [0.5, 0.6) is 0 Å². The second-order valence-electron chi connectivity index (χ2n) is 4.70. The van der Waals surface area contributed by atoms with Gasteiger partial charge < -0.3 is 5.32 Å². The average molecular weight is 151 g/mol. The van der Waals surface area contributed by atoms with Crippen LogP contribution in [0.15, 0.2) is 11.8 Å². The fourth-order valence-electron chi connectivity index (χ4n) is 2.15. The molecule has 1 heteroatoms. The highest BCUT2D eigenvalue weighted by atomic mass is 15.0. The summed E-state index contributed by atoms with van der Waals surface area (Å²) in [4.78, 5) is 0. The largest absolute Gasteiger partial charge is 0.385 e. The van der Waals surface area contributed by atoms with Crippen LogP contribution in [0.3, 0.4) is 0 Å². The lowest BCUT2D eigenvalue weighted by atomic mass is 9.96. The molecule has 1 heterocycles. The molecule has 62 valence electrons. The Morgan fingerprint density at radius 1 is 1.45 bits per heavy atom. The maximum absolute atomic E-state index is 3.52. The normalized spacial score (nSPS) is 48.5. The van der Waals surface area contributed by atoms with E-state index in [0.29, 0.717) is 11.0 Å². The van der Waals surface area contributed by atoms with Crippen molar-refractivity contribution in [3.8, 4) is 0 Å². The van der Waals surface area contributed by atoms with Gasteiger partial charge in [-0.3, -0.25) is 0 Å². The zero-order valence-electron chi connectivity index (χ0n) is 7.70. The summed E-state index contributed by atoms with van der Waals surface area (Å²) in [6, 6.07) is 0. The summed E-state index contributed by atoms with van der Waals surface area (Å²) in [6.45, 7) is 6.94. The monoisotopic (exact) mass is 151 g/mol. The molecule has 0 spiro atoms. The van der Waals surface area contributed by atoms with E-state index in [9.17, 15) is 0 Å². The Bertz CT molecular complexity index is 219. The molecule has 1 aliphatic carbocycles. The lowest BCUT2D eigenvalue weighted by Crippen LogP contribution is -2.27. The molecule has 2 aliphatic rings. The van der Waals surface area contributed by atoms with E-state index in [1.54, 1.807) is 0 Å². The first-order chi connectivity index (χ1) is 5.06. The van der Waals surface area contributed by atoms with Crippen molar-refractivity contribution >= 4 is 0 Å². The smallest absolute Gasteiger partial charge is 0.0400 e. The zero-order chi connectivity index (χ0) is 8.11. The summed E-state index contributed by atoms with van der Waals surface area (Å²) < 4.78 is 0. The summed E-state index contributed by atoms with van der Waals surface area (Å²) >= 11 is 0. The van der Waals surface area contributed by atoms with Crippen molar-refractivity contribution in [3.05, 3.63) is 11.8 Å². The van der Waals surface area contributed by atoms with Crippen LogP contribution in [-0.4, -0.2) is 5.54 Å². The zero-order valence-corrected chi connectivity index (χ0v) is 7.70. The molecule has 2 unspecified atom stereocenters. The molecule has 1 saturated carbocycles. The number of hydrogen-bond donors (Lipinski definition) is 1. The fourth-order valence-corrected chi connectivity index (χ4v) is 2.15. The first-order valence-corrected chi connectivity index (χ1v) is 4.49. The molecule has 1 N–H and O–H groups in total. The molecule has 1 nitrogen and oxygen atoms in total. The van der Waals surface area contributed by atoms with Crippen LogP contribution in [0.25, 0.3) is 0 Å². The van der Waals surface area contributed by atoms with E-state index in [1.165, 1.54) is 24.8 Å². The molecule has 0 aromatic rings. The van der Waals surface area contributed by atoms with Crippen molar-refractivity contribution in [2.75, 3.05) is 0 Å². The number of rotatable bonds is 0. The molecule has 1 aliphatic heterocycles. The van der Waals surface area contributed by atoms with E-state index in [1.807, 2.05) is 0 Å². The minimum atomic E-state index is 0.421. The molecular weight excluding hydrogens is 134 g/mol. The van der Waals surface area contributed by atoms with Gasteiger partial charge >= 0.3 is 0 Å². The maximum atomic E-state index is 3.52. The van der Waals surface area contributed by atoms with E-state index in [-0.39, 0.29) is 0 Å². The first-order valence-electron chi connectivity index (χ1n) is 4.49. The lowest BCUT2D eigenvalue weighted by molar-refractivity contribution is 0.420. The van der Waals surface area contributed by atoms with Gasteiger partial charge in [0.25, 0.3) is 0 Å². The summed E-state index contributed by atoms with van der Waals surface area (Å²) in [5.74, 6) is 0. The van der Waals surface area contributed by atoms with Gasteiger partial charge in [-0.05, 0) is 44.7 Å². The summed E-state index contributed by atoms with van der Waals surface area (Å²) in [5, 5.41) is 3.52. The number of allylic oxidation sites excluding steroid dienone is 1. The van der Waals surface area contributed by atoms with Crippen molar-refractivity contribution in [2.45, 2.75) is 45.6 Å². The third kappa shape index (κ3) is 0.901. The molecule has 1 fully saturated rings. The fraction of sp³-hybridized carbons (Fsp3) is 0.800. The van der Waals surface area contributed by atoms with E-state index in [4.69, 9.17) is 0 Å². The highest BCUT2D eigenvalue weighted by Gasteiger charge is 2.60. The third-order valence-corrected chi connectivity index (χ3v) is 3.66. The molecule has 11 heavy (non-hydrogen) atoms. The lowest BCUT2D eigenvalue weighted by Gasteiger charge is -2.15. The standard InChI is InChI=1S/C10H17N/c1-8-4-5-9(2)7-10(9,3)11-6-8/h6,11H,4-5,7H2,1-3H3. The minimum absolute atomic E-state index is 0.421. The first kappa shape index (κ1) is 7.20. The van der Waals surface area contributed by atoms with Crippen molar-refractivity contribution < 1.29 is 0 Å². The topological polar surface area (TPSA) is 12.0 Å². The molecule has 0 radical (unpaired) electrons. The minimum Gasteiger partial charge on any atom is -0.385 e. The molecule has 0 aromatic carbocycles. The number of hydrogen-bond acceptors (Lipinski definition) is 1. The SMILES string of the molecule is CC1=CNC2(C)CC2(C)CC1. The van der Waals surface area contributed by atoms with Crippen LogP contribution >= 0.6 is 0 Å². The molecule has 2 atom stereocenters. The van der Waals surface area contributed by atoms with Gasteiger partial charge in [0.2, 0.25) is 0 Å². The van der Waals surface area contributed by atoms with Crippen molar-refractivity contribution in [1.29, 1.82) is 0 Å². The number of fused-ring (bicyclic) bond motifs is 1. The summed E-state index contributed by atoms with van der Waals surface area (Å²) in [6.07, 6.45) is 6.19. The van der Waals surface area contributed by atoms with Crippen molar-refractivity contribution in [2.24, 2.45) is 5.41 Å². The third-order valence-electron chi connectivity index (χ3n) is 3.66. The van der Waals surface area contributed by atoms with Gasteiger partial charge in [-0.2, -0.15) is 0 Å². The molecule has 0 amide bonds. The molecule has 2 rings (SSSR count). The quantitative estimate of drug-likeness (QED) is 0.560. The van der Waals surface area contributed by atoms with Crippen LogP contribution in [0.2, 0.25) is 0 Å². The van der Waals surface area contributed by atoms with Crippen molar-refractivity contribution in [1.82, 2.24) is 5.32 Å². The predicted molar refractivity (Wildman–Crippen MR) is 47.3 cm³/mol. The van der Waals surface area contributed by atoms with E-state index in [0.717, 1.165) is 0 Å². The van der Waals surface area contributed by atoms with Gasteiger partial charge in [0, 0.05) is 5.54 Å². The molecule has 0 aromatic heterocycles. The van der Waals surface area contributed by atoms with Crippen LogP contribution in [0, 0.1) is 5.41 Å². The van der Waals surface area contributed by atoms with Crippen LogP contribution < -0.4 is 5.32 Å². The summed E-state index contributed by atoms with van der Waals surface area (Å²) in [5.41, 5.74) is 2.51. The molecule has 0 saturated heterocycles. The Morgan fingerprint density at radius 2 is 2.18 bits per heavy atom. The van der Waals surface area contributed by atoms with Gasteiger partial charge in [0.1, 0.15) is 0 Å². The van der Waals surface area contributed by atoms with Gasteiger partial charge in [-0.25, -0.2) is 0 Å². The van der Waals surface area contributed by atoms with Crippen LogP contribution in [-0.2, 0) is 0 Å². The predicted octanol–water partition coefficient (Wildman–Crippen LogP) is 2.44. The summed E-state index contributed by atoms with van der Waals surface area (Å²) in [7, 11) is 0. The molecule has 0 bridgehead atoms. The van der Waals surface area contributed by atoms with E-state index in [2.05, 4.69) is 32.3 Å². The molecular formula is C10H17N. The van der Waals surface area contributed by atoms with Gasteiger partial charge in [-0.15, -0.1) is 0 Å². The highest BCUT2D eigenvalue weighted by molar-refractivity contribution is 5.22. The van der Waals surface area contributed by atoms with E-state index < -0.39 is 0 Å². The Balaban J connectivity index is 2.18. The van der Waals surface area contributed by atoms with Gasteiger partial charge in [-0.1, -0.05) is 12.5 Å². The second kappa shape index (κ2) is 1.82. The average Bonchev–Trinajstić information content (AvgIpc) is 2.49. The van der Waals surface area contributed by atoms with E-state index >= 15 is 0 Å². The Hall–Kier alpha value is -0.460. The van der Waals surface area contributed by atoms with Crippen LogP contribution in [0.4, 0.5) is 0 Å². The maximum Gasteiger partial charge on any atom is 0.0400 e. The second-order valence-corrected chi connectivity index (χ2v) is 4.70. The van der Waals surface area contributed by atoms with Crippen molar-refractivity contribution in [3.63, 3.8) is 0 Å². The van der Waals surface area contributed by atoms with Gasteiger partial charge in [0.05, 0.1) is 0 Å². The Morgan fingerprint density at radius 3 is 2.91 bits per heavy atom. The van der Waals surface area contributed by atoms with Gasteiger partial charge in [0.15, 0.2) is 0 Å². The van der Waals surface area contributed by atoms with Crippen LogP contribution in [0.1, 0.15) is 40.0 Å². The highest BCUT2D eigenvalue weighted by Crippen LogP contribution is 2.59. The Kier molecular flexibility index (Phi) is 1.19.